The molecule has 302 valence electrons. The van der Waals surface area contributed by atoms with Gasteiger partial charge in [-0.3, -0.25) is 4.79 Å². The lowest BCUT2D eigenvalue weighted by molar-refractivity contribution is -0.147. The van der Waals surface area contributed by atoms with Gasteiger partial charge in [0, 0.05) is 14.0 Å². The van der Waals surface area contributed by atoms with Gasteiger partial charge in [0.2, 0.25) is 0 Å². The highest BCUT2D eigenvalue weighted by Gasteiger charge is 2.50. The predicted molar refractivity (Wildman–Crippen MR) is 231 cm³/mol. The van der Waals surface area contributed by atoms with E-state index in [2.05, 4.69) is 104 Å². The van der Waals surface area contributed by atoms with E-state index in [-0.39, 0.29) is 34.4 Å². The molecule has 3 saturated carbocycles. The van der Waals surface area contributed by atoms with Gasteiger partial charge in [-0.2, -0.15) is 0 Å². The van der Waals surface area contributed by atoms with E-state index in [1.807, 2.05) is 25.2 Å². The van der Waals surface area contributed by atoms with E-state index in [4.69, 9.17) is 18.6 Å². The van der Waals surface area contributed by atoms with E-state index in [1.54, 1.807) is 5.57 Å². The molecule has 0 amide bonds. The van der Waals surface area contributed by atoms with E-state index >= 15 is 0 Å². The highest BCUT2D eigenvalue weighted by atomic mass is 28.4. The highest BCUT2D eigenvalue weighted by Crippen LogP contribution is 2.60. The summed E-state index contributed by atoms with van der Waals surface area (Å²) >= 11 is 0. The van der Waals surface area contributed by atoms with Crippen LogP contribution in [0, 0.1) is 23.2 Å². The predicted octanol–water partition coefficient (Wildman–Crippen LogP) is 13.0. The summed E-state index contributed by atoms with van der Waals surface area (Å²) in [5.74, 6) is 2.59. The number of carbonyl (C=O) groups is 1. The first-order valence-corrected chi connectivity index (χ1v) is 27.2. The third-order valence-corrected chi connectivity index (χ3v) is 23.9. The lowest BCUT2D eigenvalue weighted by atomic mass is 9.60. The molecule has 5 rings (SSSR count). The molecule has 0 N–H and O–H groups in total. The van der Waals surface area contributed by atoms with Crippen molar-refractivity contribution in [1.29, 1.82) is 0 Å². The van der Waals surface area contributed by atoms with Crippen molar-refractivity contribution < 1.29 is 18.4 Å². The van der Waals surface area contributed by atoms with Crippen molar-refractivity contribution >= 4 is 33.6 Å². The maximum absolute atomic E-state index is 12.2. The fourth-order valence-electron chi connectivity index (χ4n) is 9.79. The van der Waals surface area contributed by atoms with Crippen molar-refractivity contribution in [3.8, 4) is 0 Å². The molecule has 54 heavy (non-hydrogen) atoms. The van der Waals surface area contributed by atoms with Crippen LogP contribution in [0.4, 0.5) is 0 Å². The van der Waals surface area contributed by atoms with Crippen LogP contribution in [0.25, 0.3) is 11.0 Å². The van der Waals surface area contributed by atoms with Crippen LogP contribution in [-0.4, -0.2) is 44.4 Å². The molecule has 0 aliphatic heterocycles. The number of nitrogens with zero attached hydrogens (tertiary/aromatic N) is 2. The van der Waals surface area contributed by atoms with E-state index in [1.165, 1.54) is 44.6 Å². The summed E-state index contributed by atoms with van der Waals surface area (Å²) in [4.78, 5) is 17.1. The molecule has 0 bridgehead atoms. The van der Waals surface area contributed by atoms with Gasteiger partial charge < -0.3 is 18.2 Å². The number of para-hydroxylation sites is 2. The number of imidazole rings is 1. The van der Waals surface area contributed by atoms with Gasteiger partial charge in [0.25, 0.3) is 0 Å². The van der Waals surface area contributed by atoms with Gasteiger partial charge >= 0.3 is 5.97 Å². The van der Waals surface area contributed by atoms with E-state index in [9.17, 15) is 4.79 Å². The summed E-state index contributed by atoms with van der Waals surface area (Å²) in [6, 6.07) is 8.16. The number of benzene rings is 1. The van der Waals surface area contributed by atoms with Crippen LogP contribution in [0.1, 0.15) is 145 Å². The average Bonchev–Trinajstić information content (AvgIpc) is 3.58. The Bertz CT molecular complexity index is 1640. The second kappa shape index (κ2) is 16.5. The van der Waals surface area contributed by atoms with Crippen molar-refractivity contribution in [3.63, 3.8) is 0 Å². The lowest BCUT2D eigenvalue weighted by Gasteiger charge is -2.45. The van der Waals surface area contributed by atoms with E-state index < -0.39 is 16.6 Å². The molecule has 0 radical (unpaired) electrons. The maximum atomic E-state index is 12.2. The number of aryl methyl sites for hydroxylation is 1. The molecule has 2 aromatic rings. The van der Waals surface area contributed by atoms with E-state index in [0.29, 0.717) is 23.2 Å². The lowest BCUT2D eigenvalue weighted by Crippen LogP contribution is -2.48. The largest absolute Gasteiger partial charge is 0.454 e. The topological polar surface area (TPSA) is 62.6 Å². The Morgan fingerprint density at radius 2 is 1.57 bits per heavy atom. The molecule has 3 fully saturated rings. The average molecular weight is 777 g/mol. The van der Waals surface area contributed by atoms with Crippen molar-refractivity contribution in [2.75, 3.05) is 0 Å². The summed E-state index contributed by atoms with van der Waals surface area (Å²) < 4.78 is 22.2. The number of rotatable bonds is 12. The Morgan fingerprint density at radius 1 is 0.963 bits per heavy atom. The Labute approximate surface area is 331 Å². The molecule has 1 aromatic heterocycles. The smallest absolute Gasteiger partial charge is 0.303 e. The van der Waals surface area contributed by atoms with Gasteiger partial charge in [-0.15, -0.1) is 0 Å². The van der Waals surface area contributed by atoms with Gasteiger partial charge in [0.15, 0.2) is 28.6 Å². The monoisotopic (exact) mass is 777 g/mol. The van der Waals surface area contributed by atoms with Crippen LogP contribution in [-0.2, 0) is 25.4 Å². The van der Waals surface area contributed by atoms with Crippen LogP contribution < -0.4 is 0 Å². The highest BCUT2D eigenvalue weighted by molar-refractivity contribution is 6.74. The van der Waals surface area contributed by atoms with E-state index in [0.717, 1.165) is 55.4 Å². The van der Waals surface area contributed by atoms with Crippen LogP contribution in [0.2, 0.25) is 36.3 Å². The molecule has 8 heteroatoms. The zero-order chi connectivity index (χ0) is 39.9. The molecule has 6 nitrogen and oxygen atoms in total. The SMILES string of the molecule is CC(=O)OC(CCC[C@@H](C)[C@H]1CC[C@H]2/C(=C/C=C3C[C@@H](O[Si](C)(C)C(C)(C)C)C[C@H](O[Si](C)(C)C(C)(C)C)C3)CCC[C@]12C)c1nc2ccccc2n1C. The Hall–Kier alpha value is -2.01. The summed E-state index contributed by atoms with van der Waals surface area (Å²) in [6.45, 7) is 30.3. The van der Waals surface area contributed by atoms with Crippen LogP contribution in [0.3, 0.4) is 0 Å². The first-order chi connectivity index (χ1) is 25.0. The van der Waals surface area contributed by atoms with Crippen molar-refractivity contribution in [2.24, 2.45) is 30.2 Å². The number of fused-ring (bicyclic) bond motifs is 2. The molecule has 1 aromatic carbocycles. The Balaban J connectivity index is 1.28. The minimum absolute atomic E-state index is 0.187. The molecule has 1 heterocycles. The maximum Gasteiger partial charge on any atom is 0.303 e. The Morgan fingerprint density at radius 3 is 2.15 bits per heavy atom. The molecule has 3 aliphatic carbocycles. The molecular weight excluding hydrogens is 701 g/mol. The van der Waals surface area contributed by atoms with Gasteiger partial charge in [0.1, 0.15) is 0 Å². The van der Waals surface area contributed by atoms with Gasteiger partial charge in [0.05, 0.1) is 23.2 Å². The number of hydrogen-bond acceptors (Lipinski definition) is 5. The molecule has 7 atom stereocenters. The number of hydrogen-bond donors (Lipinski definition) is 0. The minimum Gasteiger partial charge on any atom is -0.454 e. The van der Waals surface area contributed by atoms with Crippen molar-refractivity contribution in [1.82, 2.24) is 9.55 Å². The second-order valence-corrected chi connectivity index (χ2v) is 30.3. The number of esters is 1. The number of aromatic nitrogens is 2. The zero-order valence-electron chi connectivity index (χ0n) is 36.7. The molecular formula is C46H76N2O4Si2. The normalized spacial score (nSPS) is 27.6. The molecule has 0 spiro atoms. The number of carbonyl (C=O) groups excluding carboxylic acids is 1. The van der Waals surface area contributed by atoms with Crippen molar-refractivity contribution in [2.45, 2.75) is 188 Å². The van der Waals surface area contributed by atoms with Gasteiger partial charge in [-0.05, 0) is 136 Å². The standard InChI is InChI=1S/C46H76N2O4Si2/c1-32(19-17-23-42(50-33(2)49)43-47-40-21-15-16-22-41(40)48(43)10)38-26-27-39-35(20-18-28-46(38,39)9)25-24-34-29-36(51-53(11,12)44(3,4)5)31-37(30-34)52-54(13,14)45(6,7)8/h15-16,21-22,24-25,32,36-39,42H,17-20,23,26-31H2,1-14H3/b35-25+/t32-,36-,37-,38-,39+,42?,46-/m1/s1. The summed E-state index contributed by atoms with van der Waals surface area (Å²) in [5, 5.41) is 0.375. The fraction of sp³-hybridized carbons (Fsp3) is 0.739. The third kappa shape index (κ3) is 9.57. The third-order valence-electron chi connectivity index (χ3n) is 14.8. The van der Waals surface area contributed by atoms with Crippen LogP contribution in [0.5, 0.6) is 0 Å². The molecule has 0 saturated heterocycles. The van der Waals surface area contributed by atoms with Crippen LogP contribution in [0.15, 0.2) is 47.6 Å². The summed E-state index contributed by atoms with van der Waals surface area (Å²) in [6.07, 6.45) is 17.6. The van der Waals surface area contributed by atoms with Gasteiger partial charge in [-0.25, -0.2) is 4.98 Å². The summed E-state index contributed by atoms with van der Waals surface area (Å²) in [5.41, 5.74) is 5.55. The Kier molecular flexibility index (Phi) is 13.1. The zero-order valence-corrected chi connectivity index (χ0v) is 38.7. The first-order valence-electron chi connectivity index (χ1n) is 21.3. The quantitative estimate of drug-likeness (QED) is 0.159. The minimum atomic E-state index is -1.91. The van der Waals surface area contributed by atoms with Crippen LogP contribution >= 0.6 is 0 Å². The summed E-state index contributed by atoms with van der Waals surface area (Å²) in [7, 11) is -1.79. The van der Waals surface area contributed by atoms with Gasteiger partial charge in [-0.1, -0.05) is 97.2 Å². The fourth-order valence-corrected chi connectivity index (χ4v) is 12.5. The number of allylic oxidation sites excluding steroid dienone is 3. The molecule has 3 aliphatic rings. The first kappa shape index (κ1) is 43.1. The number of ether oxygens (including phenoxy) is 1. The molecule has 1 unspecified atom stereocenters. The van der Waals surface area contributed by atoms with Crippen molar-refractivity contribution in [3.05, 3.63) is 53.4 Å². The second-order valence-electron chi connectivity index (χ2n) is 20.8.